The Hall–Kier alpha value is -0.970. The number of nitrogens with zero attached hydrogens (tertiary/aromatic N) is 1. The number of carbonyl (C=O) groups is 2. The quantitative estimate of drug-likeness (QED) is 0.360. The molecule has 1 unspecified atom stereocenters. The monoisotopic (exact) mass is 185 g/mol. The summed E-state index contributed by atoms with van der Waals surface area (Å²) in [6.07, 6.45) is 3.75. The van der Waals surface area contributed by atoms with Crippen LogP contribution in [0.25, 0.3) is 0 Å². The third kappa shape index (κ3) is 0.929. The van der Waals surface area contributed by atoms with Gasteiger partial charge in [0.2, 0.25) is 11.3 Å². The predicted molar refractivity (Wildman–Crippen MR) is 42.0 cm³/mol. The highest BCUT2D eigenvalue weighted by atomic mass is 32.2. The largest absolute Gasteiger partial charge is 0.504 e. The minimum Gasteiger partial charge on any atom is -0.504 e. The molecule has 0 aromatic rings. The van der Waals surface area contributed by atoms with Gasteiger partial charge in [0.25, 0.3) is 5.30 Å². The van der Waals surface area contributed by atoms with Crippen molar-refractivity contribution in [3.63, 3.8) is 0 Å². The average molecular weight is 185 g/mol. The smallest absolute Gasteiger partial charge is 0.275 e. The number of amides is 1. The molecule has 64 valence electrons. The fourth-order valence-electron chi connectivity index (χ4n) is 1.37. The molecule has 0 aliphatic carbocycles. The molecule has 0 saturated carbocycles. The Bertz CT molecular complexity index is 276. The molecule has 1 amide bonds. The van der Waals surface area contributed by atoms with Crippen molar-refractivity contribution in [2.24, 2.45) is 0 Å². The maximum atomic E-state index is 10.9. The topological polar surface area (TPSA) is 60.4 Å². The van der Waals surface area contributed by atoms with E-state index in [1.54, 1.807) is 12.3 Å². The van der Waals surface area contributed by atoms with Gasteiger partial charge in [0.15, 0.2) is 0 Å². The van der Waals surface area contributed by atoms with Crippen LogP contribution in [-0.4, -0.2) is 27.2 Å². The number of fused-ring (bicyclic) bond motifs is 1. The minimum absolute atomic E-state index is 0.00898. The van der Waals surface area contributed by atoms with Crippen molar-refractivity contribution in [1.29, 1.82) is 0 Å². The second-order valence-electron chi connectivity index (χ2n) is 2.69. The lowest BCUT2D eigenvalue weighted by atomic mass is 10.2. The van der Waals surface area contributed by atoms with Gasteiger partial charge in [0, 0.05) is 6.20 Å². The molecule has 0 aromatic heterocycles. The number of carbonyl (C=O) groups excluding carboxylic acids is 2. The highest BCUT2D eigenvalue weighted by Crippen LogP contribution is 2.29. The van der Waals surface area contributed by atoms with Gasteiger partial charge in [-0.25, -0.2) is 0 Å². The average Bonchev–Trinajstić information content (AvgIpc) is 2.02. The van der Waals surface area contributed by atoms with Gasteiger partial charge in [-0.15, -0.1) is 0 Å². The van der Waals surface area contributed by atoms with Gasteiger partial charge >= 0.3 is 0 Å². The van der Waals surface area contributed by atoms with E-state index in [1.165, 1.54) is 4.90 Å². The summed E-state index contributed by atoms with van der Waals surface area (Å²) in [5.74, 6) is 0.520. The summed E-state index contributed by atoms with van der Waals surface area (Å²) in [5.41, 5.74) is 0. The van der Waals surface area contributed by atoms with Crippen molar-refractivity contribution in [2.75, 3.05) is 5.75 Å². The zero-order chi connectivity index (χ0) is 8.72. The highest BCUT2D eigenvalue weighted by Gasteiger charge is 2.50. The van der Waals surface area contributed by atoms with Gasteiger partial charge in [-0.3, -0.25) is 9.69 Å². The SMILES string of the molecule is O=C1C[C@@H]2N1C=CC[S+]2C(=O)[O-]. The van der Waals surface area contributed by atoms with Crippen molar-refractivity contribution in [3.8, 4) is 0 Å². The maximum Gasteiger partial charge on any atom is 0.275 e. The Morgan fingerprint density at radius 2 is 2.50 bits per heavy atom. The molecule has 12 heavy (non-hydrogen) atoms. The number of hydrogen-bond donors (Lipinski definition) is 0. The minimum atomic E-state index is -1.03. The lowest BCUT2D eigenvalue weighted by Gasteiger charge is -2.37. The predicted octanol–water partition coefficient (Wildman–Crippen LogP) is -0.966. The van der Waals surface area contributed by atoms with E-state index in [-0.39, 0.29) is 11.3 Å². The Labute approximate surface area is 72.2 Å². The first kappa shape index (κ1) is 7.67. The number of rotatable bonds is 0. The second kappa shape index (κ2) is 2.52. The fourth-order valence-corrected chi connectivity index (χ4v) is 3.05. The standard InChI is InChI=1S/C7H7NO3S/c9-5-4-6-8(5)2-1-3-12(6)7(10)11/h1-2,6H,3-4H2/t6-,12?/m1/s1. The Morgan fingerprint density at radius 1 is 1.75 bits per heavy atom. The molecular formula is C7H7NO3S. The van der Waals surface area contributed by atoms with Crippen molar-refractivity contribution in [2.45, 2.75) is 11.8 Å². The van der Waals surface area contributed by atoms with E-state index in [0.717, 1.165) is 0 Å². The Morgan fingerprint density at radius 3 is 3.08 bits per heavy atom. The van der Waals surface area contributed by atoms with Crippen LogP contribution < -0.4 is 5.11 Å². The van der Waals surface area contributed by atoms with Gasteiger partial charge in [-0.05, 0) is 6.08 Å². The summed E-state index contributed by atoms with van der Waals surface area (Å²) in [7, 11) is -0.781. The summed E-state index contributed by atoms with van der Waals surface area (Å²) >= 11 is 0. The number of β-lactam (4-membered cyclic amide) rings is 1. The van der Waals surface area contributed by atoms with Gasteiger partial charge < -0.3 is 9.90 Å². The Balaban J connectivity index is 2.17. The van der Waals surface area contributed by atoms with E-state index in [2.05, 4.69) is 0 Å². The van der Waals surface area contributed by atoms with E-state index in [4.69, 9.17) is 0 Å². The van der Waals surface area contributed by atoms with Gasteiger partial charge in [-0.1, -0.05) is 0 Å². The van der Waals surface area contributed by atoms with E-state index in [0.29, 0.717) is 12.2 Å². The molecule has 2 rings (SSSR count). The lowest BCUT2D eigenvalue weighted by Crippen LogP contribution is -2.59. The van der Waals surface area contributed by atoms with Gasteiger partial charge in [-0.2, -0.15) is 0 Å². The molecule has 5 heteroatoms. The molecule has 4 nitrogen and oxygen atoms in total. The van der Waals surface area contributed by atoms with Crippen LogP contribution in [0.2, 0.25) is 0 Å². The van der Waals surface area contributed by atoms with Crippen LogP contribution in [0.4, 0.5) is 4.79 Å². The number of hydrogen-bond acceptors (Lipinski definition) is 3. The number of carboxylic acid groups (broad SMARTS) is 1. The van der Waals surface area contributed by atoms with E-state index in [1.807, 2.05) is 0 Å². The van der Waals surface area contributed by atoms with Crippen LogP contribution in [0.1, 0.15) is 6.42 Å². The molecule has 0 radical (unpaired) electrons. The maximum absolute atomic E-state index is 10.9. The molecule has 1 fully saturated rings. The molecule has 0 N–H and O–H groups in total. The molecule has 1 saturated heterocycles. The summed E-state index contributed by atoms with van der Waals surface area (Å²) in [4.78, 5) is 23.0. The van der Waals surface area contributed by atoms with Crippen LogP contribution in [0, 0.1) is 0 Å². The molecular weight excluding hydrogens is 178 g/mol. The first-order valence-electron chi connectivity index (χ1n) is 3.58. The van der Waals surface area contributed by atoms with Crippen molar-refractivity contribution >= 4 is 22.1 Å². The third-order valence-electron chi connectivity index (χ3n) is 2.03. The zero-order valence-electron chi connectivity index (χ0n) is 6.23. The zero-order valence-corrected chi connectivity index (χ0v) is 7.04. The molecule has 0 aromatic carbocycles. The van der Waals surface area contributed by atoms with E-state index < -0.39 is 16.2 Å². The second-order valence-corrected chi connectivity index (χ2v) is 4.76. The van der Waals surface area contributed by atoms with Crippen LogP contribution in [0.15, 0.2) is 12.3 Å². The normalized spacial score (nSPS) is 32.7. The first-order valence-corrected chi connectivity index (χ1v) is 5.04. The molecule has 0 bridgehead atoms. The Kier molecular flexibility index (Phi) is 1.61. The molecule has 2 heterocycles. The van der Waals surface area contributed by atoms with E-state index in [9.17, 15) is 14.7 Å². The summed E-state index contributed by atoms with van der Waals surface area (Å²) < 4.78 is 0. The van der Waals surface area contributed by atoms with Gasteiger partial charge in [0.05, 0.1) is 17.3 Å². The van der Waals surface area contributed by atoms with Crippen molar-refractivity contribution < 1.29 is 14.7 Å². The third-order valence-corrected chi connectivity index (χ3v) is 4.06. The lowest BCUT2D eigenvalue weighted by molar-refractivity contribution is -0.233. The first-order chi connectivity index (χ1) is 5.70. The van der Waals surface area contributed by atoms with E-state index >= 15 is 0 Å². The van der Waals surface area contributed by atoms with Crippen LogP contribution >= 0.6 is 0 Å². The molecule has 0 spiro atoms. The summed E-state index contributed by atoms with van der Waals surface area (Å²) in [6, 6.07) is 0. The van der Waals surface area contributed by atoms with Gasteiger partial charge in [0.1, 0.15) is 5.75 Å². The van der Waals surface area contributed by atoms with Crippen molar-refractivity contribution in [1.82, 2.24) is 4.90 Å². The molecule has 2 aliphatic heterocycles. The van der Waals surface area contributed by atoms with Crippen LogP contribution in [0.3, 0.4) is 0 Å². The molecule has 2 atom stereocenters. The highest BCUT2D eigenvalue weighted by molar-refractivity contribution is 8.11. The summed E-state index contributed by atoms with van der Waals surface area (Å²) in [6.45, 7) is 0. The fraction of sp³-hybridized carbons (Fsp3) is 0.429. The van der Waals surface area contributed by atoms with Crippen LogP contribution in [-0.2, 0) is 15.7 Å². The van der Waals surface area contributed by atoms with Crippen molar-refractivity contribution in [3.05, 3.63) is 12.3 Å². The molecule has 2 aliphatic rings. The summed E-state index contributed by atoms with van der Waals surface area (Å²) in [5, 5.41) is 9.44. The van der Waals surface area contributed by atoms with Crippen LogP contribution in [0.5, 0.6) is 0 Å².